The summed E-state index contributed by atoms with van der Waals surface area (Å²) in [6.07, 6.45) is 4.61. The smallest absolute Gasteiger partial charge is 0.257 e. The summed E-state index contributed by atoms with van der Waals surface area (Å²) in [7, 11) is 0. The van der Waals surface area contributed by atoms with Crippen molar-refractivity contribution in [1.82, 2.24) is 15.1 Å². The second kappa shape index (κ2) is 7.08. The molecule has 0 saturated carbocycles. The summed E-state index contributed by atoms with van der Waals surface area (Å²) in [5.74, 6) is -0.0309. The van der Waals surface area contributed by atoms with E-state index in [2.05, 4.69) is 16.8 Å². The highest BCUT2D eigenvalue weighted by Crippen LogP contribution is 2.11. The Balaban J connectivity index is 1.84. The van der Waals surface area contributed by atoms with Gasteiger partial charge in [-0.05, 0) is 13.0 Å². The van der Waals surface area contributed by atoms with Crippen LogP contribution in [0.5, 0.6) is 0 Å². The summed E-state index contributed by atoms with van der Waals surface area (Å²) in [6.45, 7) is 8.54. The van der Waals surface area contributed by atoms with Gasteiger partial charge in [0.15, 0.2) is 0 Å². The number of hydrogen-bond donors (Lipinski definition) is 1. The van der Waals surface area contributed by atoms with Gasteiger partial charge in [0.1, 0.15) is 6.26 Å². The first-order chi connectivity index (χ1) is 10.1. The van der Waals surface area contributed by atoms with Crippen LogP contribution in [0.15, 0.2) is 35.7 Å². The van der Waals surface area contributed by atoms with Crippen molar-refractivity contribution < 1.29 is 14.0 Å². The third-order valence-electron chi connectivity index (χ3n) is 3.72. The maximum Gasteiger partial charge on any atom is 0.257 e. The van der Waals surface area contributed by atoms with E-state index in [1.807, 2.05) is 6.92 Å². The molecule has 0 spiro atoms. The number of nitrogens with one attached hydrogen (secondary N) is 1. The largest absolute Gasteiger partial charge is 0.472 e. The highest BCUT2D eigenvalue weighted by Gasteiger charge is 2.27. The van der Waals surface area contributed by atoms with Crippen molar-refractivity contribution in [3.05, 3.63) is 36.8 Å². The molecule has 21 heavy (non-hydrogen) atoms. The molecule has 6 heteroatoms. The zero-order valence-corrected chi connectivity index (χ0v) is 12.2. The molecule has 1 saturated heterocycles. The summed E-state index contributed by atoms with van der Waals surface area (Å²) in [6, 6.07) is 1.47. The van der Waals surface area contributed by atoms with Gasteiger partial charge in [-0.2, -0.15) is 0 Å². The average Bonchev–Trinajstić information content (AvgIpc) is 3.05. The SMILES string of the molecule is C=CCNC(=O)C(C)N1CCN(C(=O)c2ccoc2)CC1. The van der Waals surface area contributed by atoms with Gasteiger partial charge in [0.2, 0.25) is 5.91 Å². The summed E-state index contributed by atoms with van der Waals surface area (Å²) in [5.41, 5.74) is 0.570. The third kappa shape index (κ3) is 3.72. The van der Waals surface area contributed by atoms with Gasteiger partial charge in [0.25, 0.3) is 5.91 Å². The highest BCUT2D eigenvalue weighted by molar-refractivity contribution is 5.93. The third-order valence-corrected chi connectivity index (χ3v) is 3.72. The molecule has 1 aliphatic rings. The van der Waals surface area contributed by atoms with Gasteiger partial charge in [0, 0.05) is 32.7 Å². The summed E-state index contributed by atoms with van der Waals surface area (Å²) < 4.78 is 4.94. The molecule has 1 atom stereocenters. The number of hydrogen-bond acceptors (Lipinski definition) is 4. The Labute approximate surface area is 124 Å². The van der Waals surface area contributed by atoms with E-state index in [0.29, 0.717) is 38.3 Å². The van der Waals surface area contributed by atoms with Crippen LogP contribution < -0.4 is 5.32 Å². The Morgan fingerprint density at radius 1 is 1.43 bits per heavy atom. The van der Waals surface area contributed by atoms with Crippen molar-refractivity contribution in [1.29, 1.82) is 0 Å². The van der Waals surface area contributed by atoms with Gasteiger partial charge >= 0.3 is 0 Å². The van der Waals surface area contributed by atoms with Crippen LogP contribution in [-0.2, 0) is 4.79 Å². The van der Waals surface area contributed by atoms with Crippen LogP contribution in [0.2, 0.25) is 0 Å². The number of rotatable bonds is 5. The van der Waals surface area contributed by atoms with Crippen molar-refractivity contribution in [2.75, 3.05) is 32.7 Å². The Morgan fingerprint density at radius 2 is 2.14 bits per heavy atom. The molecule has 2 heterocycles. The van der Waals surface area contributed by atoms with Crippen LogP contribution >= 0.6 is 0 Å². The molecule has 1 aliphatic heterocycles. The van der Waals surface area contributed by atoms with Gasteiger partial charge in [-0.15, -0.1) is 6.58 Å². The van der Waals surface area contributed by atoms with Crippen molar-refractivity contribution in [3.63, 3.8) is 0 Å². The molecule has 0 radical (unpaired) electrons. The Hall–Kier alpha value is -2.08. The fourth-order valence-electron chi connectivity index (χ4n) is 2.37. The van der Waals surface area contributed by atoms with Crippen LogP contribution in [0.1, 0.15) is 17.3 Å². The van der Waals surface area contributed by atoms with Crippen molar-refractivity contribution in [2.24, 2.45) is 0 Å². The summed E-state index contributed by atoms with van der Waals surface area (Å²) in [4.78, 5) is 27.9. The van der Waals surface area contributed by atoms with E-state index >= 15 is 0 Å². The van der Waals surface area contributed by atoms with E-state index in [0.717, 1.165) is 0 Å². The van der Waals surface area contributed by atoms with Crippen LogP contribution in [-0.4, -0.2) is 60.4 Å². The predicted molar refractivity (Wildman–Crippen MR) is 78.9 cm³/mol. The standard InChI is InChI=1S/C15H21N3O3/c1-3-5-16-14(19)12(2)17-6-8-18(9-7-17)15(20)13-4-10-21-11-13/h3-4,10-12H,1,5-9H2,2H3,(H,16,19). The van der Waals surface area contributed by atoms with E-state index in [-0.39, 0.29) is 17.9 Å². The minimum atomic E-state index is -0.198. The van der Waals surface area contributed by atoms with Gasteiger partial charge in [-0.1, -0.05) is 6.08 Å². The molecule has 0 aromatic carbocycles. The first-order valence-corrected chi connectivity index (χ1v) is 7.07. The van der Waals surface area contributed by atoms with E-state index in [9.17, 15) is 9.59 Å². The number of carbonyl (C=O) groups is 2. The number of piperazine rings is 1. The molecule has 2 rings (SSSR count). The molecular weight excluding hydrogens is 270 g/mol. The Kier molecular flexibility index (Phi) is 5.16. The maximum atomic E-state index is 12.2. The molecule has 114 valence electrons. The molecular formula is C15H21N3O3. The molecule has 0 aliphatic carbocycles. The van der Waals surface area contributed by atoms with E-state index in [1.165, 1.54) is 12.5 Å². The number of carbonyl (C=O) groups excluding carboxylic acids is 2. The van der Waals surface area contributed by atoms with Crippen molar-refractivity contribution in [2.45, 2.75) is 13.0 Å². The van der Waals surface area contributed by atoms with E-state index in [4.69, 9.17) is 4.42 Å². The Bertz CT molecular complexity index is 490. The number of nitrogens with zero attached hydrogens (tertiary/aromatic N) is 2. The molecule has 1 aromatic rings. The summed E-state index contributed by atoms with van der Waals surface area (Å²) >= 11 is 0. The molecule has 1 fully saturated rings. The lowest BCUT2D eigenvalue weighted by atomic mass is 10.2. The topological polar surface area (TPSA) is 65.8 Å². The zero-order chi connectivity index (χ0) is 15.2. The lowest BCUT2D eigenvalue weighted by Gasteiger charge is -2.37. The van der Waals surface area contributed by atoms with Crippen LogP contribution in [0, 0.1) is 0 Å². The van der Waals surface area contributed by atoms with Gasteiger partial charge in [0.05, 0.1) is 17.9 Å². The first kappa shape index (κ1) is 15.3. The molecule has 2 amide bonds. The average molecular weight is 291 g/mol. The minimum Gasteiger partial charge on any atom is -0.472 e. The fourth-order valence-corrected chi connectivity index (χ4v) is 2.37. The van der Waals surface area contributed by atoms with Crippen LogP contribution in [0.4, 0.5) is 0 Å². The molecule has 6 nitrogen and oxygen atoms in total. The van der Waals surface area contributed by atoms with Gasteiger partial charge < -0.3 is 14.6 Å². The number of amides is 2. The zero-order valence-electron chi connectivity index (χ0n) is 12.2. The van der Waals surface area contributed by atoms with Gasteiger partial charge in [-0.3, -0.25) is 14.5 Å². The monoisotopic (exact) mass is 291 g/mol. The minimum absolute atomic E-state index is 0.00971. The maximum absolute atomic E-state index is 12.2. The van der Waals surface area contributed by atoms with E-state index < -0.39 is 0 Å². The predicted octanol–water partition coefficient (Wildman–Crippen LogP) is 0.728. The normalized spacial score (nSPS) is 17.3. The van der Waals surface area contributed by atoms with Crippen LogP contribution in [0.3, 0.4) is 0 Å². The van der Waals surface area contributed by atoms with Crippen molar-refractivity contribution >= 4 is 11.8 Å². The lowest BCUT2D eigenvalue weighted by Crippen LogP contribution is -2.54. The molecule has 1 unspecified atom stereocenters. The molecule has 1 aromatic heterocycles. The second-order valence-electron chi connectivity index (χ2n) is 5.05. The van der Waals surface area contributed by atoms with Crippen LogP contribution in [0.25, 0.3) is 0 Å². The molecule has 1 N–H and O–H groups in total. The Morgan fingerprint density at radius 3 is 2.71 bits per heavy atom. The second-order valence-corrected chi connectivity index (χ2v) is 5.05. The highest BCUT2D eigenvalue weighted by atomic mass is 16.3. The number of furan rings is 1. The quantitative estimate of drug-likeness (QED) is 0.812. The fraction of sp³-hybridized carbons (Fsp3) is 0.467. The molecule has 0 bridgehead atoms. The summed E-state index contributed by atoms with van der Waals surface area (Å²) in [5, 5.41) is 2.79. The van der Waals surface area contributed by atoms with Crippen molar-refractivity contribution in [3.8, 4) is 0 Å². The first-order valence-electron chi connectivity index (χ1n) is 7.07. The van der Waals surface area contributed by atoms with Gasteiger partial charge in [-0.25, -0.2) is 0 Å². The van der Waals surface area contributed by atoms with E-state index in [1.54, 1.807) is 17.0 Å². The lowest BCUT2D eigenvalue weighted by molar-refractivity contribution is -0.126.